The number of nitrogens with one attached hydrogen (secondary N) is 2. The molecule has 0 aromatic heterocycles. The molecule has 3 aliphatic rings. The van der Waals surface area contributed by atoms with Crippen molar-refractivity contribution in [2.24, 2.45) is 0 Å². The van der Waals surface area contributed by atoms with Gasteiger partial charge in [-0.15, -0.1) is 0 Å². The zero-order valence-corrected chi connectivity index (χ0v) is 25.0. The Kier molecular flexibility index (Phi) is 8.23. The van der Waals surface area contributed by atoms with Gasteiger partial charge in [-0.3, -0.25) is 14.5 Å². The fraction of sp³-hybridized carbons (Fsp3) is 0.303. The van der Waals surface area contributed by atoms with Crippen LogP contribution in [0.5, 0.6) is 11.5 Å². The Labute approximate surface area is 256 Å². The quantitative estimate of drug-likeness (QED) is 0.313. The summed E-state index contributed by atoms with van der Waals surface area (Å²) in [4.78, 5) is 44.7. The third kappa shape index (κ3) is 5.97. The standard InChI is InChI=1S/C33H35N5O6/c1-36-12-14-38(15-13-36)20-29(39)37(2)24-8-6-23(7-9-24)34-31(21-5-11-27-28(19-21)44-17-16-43-27)30-25-10-4-22(33(41)42-3)18-26(25)35-32(30)40/h4-11,18-19,34H,12-17,20H2,1-3H3,(H,35,40). The normalized spacial score (nSPS) is 17.4. The molecule has 3 aromatic carbocycles. The van der Waals surface area contributed by atoms with Gasteiger partial charge in [-0.05, 0) is 61.6 Å². The maximum Gasteiger partial charge on any atom is 0.337 e. The summed E-state index contributed by atoms with van der Waals surface area (Å²) in [6, 6.07) is 18.0. The molecule has 3 heterocycles. The van der Waals surface area contributed by atoms with Crippen LogP contribution in [0.2, 0.25) is 0 Å². The van der Waals surface area contributed by atoms with Crippen molar-refractivity contribution >= 4 is 46.1 Å². The lowest BCUT2D eigenvalue weighted by atomic mass is 9.98. The third-order valence-corrected chi connectivity index (χ3v) is 8.12. The Morgan fingerprint density at radius 3 is 2.36 bits per heavy atom. The van der Waals surface area contributed by atoms with Gasteiger partial charge in [-0.1, -0.05) is 6.07 Å². The lowest BCUT2D eigenvalue weighted by Crippen LogP contribution is -2.48. The van der Waals surface area contributed by atoms with E-state index >= 15 is 0 Å². The van der Waals surface area contributed by atoms with Crippen molar-refractivity contribution in [3.05, 3.63) is 77.4 Å². The average Bonchev–Trinajstić information content (AvgIpc) is 3.38. The molecule has 6 rings (SSSR count). The van der Waals surface area contributed by atoms with Gasteiger partial charge < -0.3 is 34.6 Å². The van der Waals surface area contributed by atoms with Crippen LogP contribution < -0.4 is 25.0 Å². The minimum absolute atomic E-state index is 0.0277. The summed E-state index contributed by atoms with van der Waals surface area (Å²) in [5.41, 5.74) is 4.66. The van der Waals surface area contributed by atoms with Crippen molar-refractivity contribution in [3.63, 3.8) is 0 Å². The Balaban J connectivity index is 1.30. The number of carbonyl (C=O) groups excluding carboxylic acids is 3. The topological polar surface area (TPSA) is 113 Å². The third-order valence-electron chi connectivity index (χ3n) is 8.12. The smallest absolute Gasteiger partial charge is 0.337 e. The molecule has 11 heteroatoms. The molecule has 3 aliphatic heterocycles. The number of anilines is 3. The molecule has 0 atom stereocenters. The molecule has 228 valence electrons. The largest absolute Gasteiger partial charge is 0.486 e. The van der Waals surface area contributed by atoms with Gasteiger partial charge in [0, 0.05) is 55.7 Å². The molecule has 44 heavy (non-hydrogen) atoms. The number of hydrogen-bond acceptors (Lipinski definition) is 9. The van der Waals surface area contributed by atoms with Crippen LogP contribution in [0.1, 0.15) is 21.5 Å². The van der Waals surface area contributed by atoms with Gasteiger partial charge in [0.1, 0.15) is 13.2 Å². The van der Waals surface area contributed by atoms with Gasteiger partial charge in [0.05, 0.1) is 36.2 Å². The fourth-order valence-electron chi connectivity index (χ4n) is 5.50. The number of methoxy groups -OCH3 is 1. The van der Waals surface area contributed by atoms with Crippen LogP contribution >= 0.6 is 0 Å². The van der Waals surface area contributed by atoms with Crippen LogP contribution in [-0.2, 0) is 14.3 Å². The Morgan fingerprint density at radius 2 is 1.64 bits per heavy atom. The number of piperazine rings is 1. The first-order chi connectivity index (χ1) is 21.3. The predicted molar refractivity (Wildman–Crippen MR) is 168 cm³/mol. The van der Waals surface area contributed by atoms with Crippen molar-refractivity contribution in [3.8, 4) is 11.5 Å². The Bertz CT molecular complexity index is 1630. The number of nitrogens with zero attached hydrogens (tertiary/aromatic N) is 3. The van der Waals surface area contributed by atoms with Crippen LogP contribution in [-0.4, -0.2) is 94.7 Å². The predicted octanol–water partition coefficient (Wildman–Crippen LogP) is 3.39. The maximum absolute atomic E-state index is 13.4. The maximum atomic E-state index is 13.4. The molecule has 1 saturated heterocycles. The van der Waals surface area contributed by atoms with E-state index in [4.69, 9.17) is 14.2 Å². The van der Waals surface area contributed by atoms with E-state index in [0.717, 1.165) is 37.6 Å². The summed E-state index contributed by atoms with van der Waals surface area (Å²) < 4.78 is 16.4. The summed E-state index contributed by atoms with van der Waals surface area (Å²) >= 11 is 0. The Hall–Kier alpha value is -4.87. The molecule has 1 fully saturated rings. The second-order valence-corrected chi connectivity index (χ2v) is 11.0. The highest BCUT2D eigenvalue weighted by Crippen LogP contribution is 2.40. The number of ether oxygens (including phenoxy) is 3. The molecule has 0 aliphatic carbocycles. The lowest BCUT2D eigenvalue weighted by Gasteiger charge is -2.32. The highest BCUT2D eigenvalue weighted by Gasteiger charge is 2.30. The average molecular weight is 598 g/mol. The number of rotatable bonds is 7. The summed E-state index contributed by atoms with van der Waals surface area (Å²) in [6.07, 6.45) is 0. The zero-order chi connectivity index (χ0) is 30.8. The Morgan fingerprint density at radius 1 is 0.932 bits per heavy atom. The van der Waals surface area contributed by atoms with Crippen LogP contribution in [0.4, 0.5) is 17.1 Å². The van der Waals surface area contributed by atoms with Gasteiger partial charge in [0.25, 0.3) is 5.91 Å². The number of carbonyl (C=O) groups is 3. The molecule has 0 spiro atoms. The summed E-state index contributed by atoms with van der Waals surface area (Å²) in [5.74, 6) is 0.447. The molecule has 2 amide bonds. The minimum atomic E-state index is -0.489. The first-order valence-electron chi connectivity index (χ1n) is 14.5. The molecule has 2 N–H and O–H groups in total. The number of amides is 2. The number of likely N-dealkylation sites (N-methyl/N-ethyl adjacent to an activating group) is 2. The van der Waals surface area contributed by atoms with Crippen molar-refractivity contribution in [2.75, 3.05) is 82.7 Å². The number of fused-ring (bicyclic) bond motifs is 2. The van der Waals surface area contributed by atoms with E-state index in [1.807, 2.05) is 42.5 Å². The highest BCUT2D eigenvalue weighted by atomic mass is 16.6. The number of benzene rings is 3. The van der Waals surface area contributed by atoms with Crippen LogP contribution in [0.25, 0.3) is 11.3 Å². The van der Waals surface area contributed by atoms with E-state index in [0.29, 0.717) is 64.9 Å². The lowest BCUT2D eigenvalue weighted by molar-refractivity contribution is -0.119. The number of hydrogen-bond donors (Lipinski definition) is 2. The first-order valence-corrected chi connectivity index (χ1v) is 14.5. The molecule has 11 nitrogen and oxygen atoms in total. The first kappa shape index (κ1) is 29.2. The van der Waals surface area contributed by atoms with Gasteiger partial charge in [-0.2, -0.15) is 0 Å². The molecule has 0 unspecified atom stereocenters. The number of esters is 1. The van der Waals surface area contributed by atoms with Crippen LogP contribution in [0, 0.1) is 0 Å². The van der Waals surface area contributed by atoms with E-state index < -0.39 is 5.97 Å². The second-order valence-electron chi connectivity index (χ2n) is 11.0. The van der Waals surface area contributed by atoms with Crippen LogP contribution in [0.3, 0.4) is 0 Å². The molecule has 0 bridgehead atoms. The highest BCUT2D eigenvalue weighted by molar-refractivity contribution is 6.37. The van der Waals surface area contributed by atoms with Crippen molar-refractivity contribution in [1.29, 1.82) is 0 Å². The fourth-order valence-corrected chi connectivity index (χ4v) is 5.50. The zero-order valence-electron chi connectivity index (χ0n) is 25.0. The molecule has 0 saturated carbocycles. The molecule has 0 radical (unpaired) electrons. The SMILES string of the molecule is COC(=O)c1ccc2c(c1)NC(=O)C2=C(Nc1ccc(N(C)C(=O)CN2CCN(C)CC2)cc1)c1ccc2c(c1)OCCO2. The summed E-state index contributed by atoms with van der Waals surface area (Å²) in [5, 5.41) is 6.33. The van der Waals surface area contributed by atoms with E-state index in [-0.39, 0.29) is 11.8 Å². The summed E-state index contributed by atoms with van der Waals surface area (Å²) in [7, 11) is 5.19. The summed E-state index contributed by atoms with van der Waals surface area (Å²) in [6.45, 7) is 4.92. The van der Waals surface area contributed by atoms with Gasteiger partial charge in [0.15, 0.2) is 11.5 Å². The van der Waals surface area contributed by atoms with E-state index in [9.17, 15) is 14.4 Å². The van der Waals surface area contributed by atoms with Gasteiger partial charge >= 0.3 is 5.97 Å². The van der Waals surface area contributed by atoms with Crippen LogP contribution in [0.15, 0.2) is 60.7 Å². The minimum Gasteiger partial charge on any atom is -0.486 e. The van der Waals surface area contributed by atoms with Gasteiger partial charge in [-0.25, -0.2) is 4.79 Å². The van der Waals surface area contributed by atoms with Gasteiger partial charge in [0.2, 0.25) is 5.91 Å². The molecular formula is C33H35N5O6. The van der Waals surface area contributed by atoms with Crippen molar-refractivity contribution in [1.82, 2.24) is 9.80 Å². The van der Waals surface area contributed by atoms with Crippen molar-refractivity contribution in [2.45, 2.75) is 0 Å². The second kappa shape index (κ2) is 12.4. The van der Waals surface area contributed by atoms with Crippen molar-refractivity contribution < 1.29 is 28.6 Å². The van der Waals surface area contributed by atoms with E-state index in [1.165, 1.54) is 7.11 Å². The van der Waals surface area contributed by atoms with E-state index in [2.05, 4.69) is 27.5 Å². The molecular weight excluding hydrogens is 562 g/mol. The van der Waals surface area contributed by atoms with E-state index in [1.54, 1.807) is 30.1 Å². The molecule has 3 aromatic rings. The monoisotopic (exact) mass is 597 g/mol.